The zero-order valence-corrected chi connectivity index (χ0v) is 6.76. The van der Waals surface area contributed by atoms with Gasteiger partial charge in [-0.05, 0) is 23.9 Å². The molecular formula is C7H8O3S. The second kappa shape index (κ2) is 3.02. The largest absolute Gasteiger partial charge is 0.479 e. The van der Waals surface area contributed by atoms with E-state index >= 15 is 0 Å². The highest BCUT2D eigenvalue weighted by atomic mass is 32.1. The lowest BCUT2D eigenvalue weighted by Gasteiger charge is -1.99. The first kappa shape index (κ1) is 8.23. The summed E-state index contributed by atoms with van der Waals surface area (Å²) >= 11 is 1.26. The minimum Gasteiger partial charge on any atom is -0.479 e. The summed E-state index contributed by atoms with van der Waals surface area (Å²) < 4.78 is 0. The zero-order valence-electron chi connectivity index (χ0n) is 5.94. The maximum absolute atomic E-state index is 10.3. The molecule has 1 aromatic rings. The van der Waals surface area contributed by atoms with Crippen LogP contribution in [0, 0.1) is 6.92 Å². The third kappa shape index (κ3) is 1.78. The van der Waals surface area contributed by atoms with Crippen LogP contribution in [0.2, 0.25) is 0 Å². The molecule has 4 heteroatoms. The molecule has 0 aliphatic carbocycles. The number of aliphatic hydroxyl groups excluding tert-OH is 1. The van der Waals surface area contributed by atoms with Gasteiger partial charge in [-0.2, -0.15) is 0 Å². The van der Waals surface area contributed by atoms with Gasteiger partial charge in [0.1, 0.15) is 0 Å². The summed E-state index contributed by atoms with van der Waals surface area (Å²) in [6, 6.07) is 1.67. The van der Waals surface area contributed by atoms with E-state index in [2.05, 4.69) is 0 Å². The Hall–Kier alpha value is -0.870. The number of carboxylic acids is 1. The average Bonchev–Trinajstić information content (AvgIpc) is 2.34. The van der Waals surface area contributed by atoms with E-state index in [1.165, 1.54) is 11.3 Å². The molecule has 0 amide bonds. The fraction of sp³-hybridized carbons (Fsp3) is 0.286. The molecule has 2 N–H and O–H groups in total. The number of hydrogen-bond acceptors (Lipinski definition) is 3. The Morgan fingerprint density at radius 2 is 2.36 bits per heavy atom. The highest BCUT2D eigenvalue weighted by molar-refractivity contribution is 7.10. The Morgan fingerprint density at radius 3 is 2.73 bits per heavy atom. The van der Waals surface area contributed by atoms with E-state index in [4.69, 9.17) is 10.2 Å². The van der Waals surface area contributed by atoms with Crippen molar-refractivity contribution < 1.29 is 15.0 Å². The molecule has 0 saturated heterocycles. The standard InChI is InChI=1S/C7H8O3S/c1-4-2-5(11-3-4)6(8)7(9)10/h2-3,6,8H,1H3,(H,9,10). The van der Waals surface area contributed by atoms with Crippen molar-refractivity contribution >= 4 is 17.3 Å². The Morgan fingerprint density at radius 1 is 1.73 bits per heavy atom. The molecule has 0 radical (unpaired) electrons. The highest BCUT2D eigenvalue weighted by Gasteiger charge is 2.16. The van der Waals surface area contributed by atoms with Crippen molar-refractivity contribution in [2.75, 3.05) is 0 Å². The Kier molecular flexibility index (Phi) is 2.26. The number of aliphatic carboxylic acids is 1. The summed E-state index contributed by atoms with van der Waals surface area (Å²) in [5.41, 5.74) is 0.977. The fourth-order valence-electron chi connectivity index (χ4n) is 0.719. The van der Waals surface area contributed by atoms with Crippen molar-refractivity contribution in [3.8, 4) is 0 Å². The van der Waals surface area contributed by atoms with E-state index in [1.807, 2.05) is 12.3 Å². The van der Waals surface area contributed by atoms with E-state index in [0.717, 1.165) is 5.56 Å². The molecule has 0 aliphatic rings. The number of aryl methyl sites for hydroxylation is 1. The molecule has 0 bridgehead atoms. The average molecular weight is 172 g/mol. The quantitative estimate of drug-likeness (QED) is 0.704. The number of carboxylic acid groups (broad SMARTS) is 1. The number of rotatable bonds is 2. The van der Waals surface area contributed by atoms with Gasteiger partial charge in [-0.25, -0.2) is 4.79 Å². The van der Waals surface area contributed by atoms with Gasteiger partial charge >= 0.3 is 5.97 Å². The molecule has 1 heterocycles. The summed E-state index contributed by atoms with van der Waals surface area (Å²) in [7, 11) is 0. The van der Waals surface area contributed by atoms with Crippen molar-refractivity contribution in [3.63, 3.8) is 0 Å². The topological polar surface area (TPSA) is 57.5 Å². The first-order chi connectivity index (χ1) is 5.11. The van der Waals surface area contributed by atoms with Crippen molar-refractivity contribution in [1.29, 1.82) is 0 Å². The van der Waals surface area contributed by atoms with Gasteiger partial charge in [-0.3, -0.25) is 0 Å². The van der Waals surface area contributed by atoms with Crippen LogP contribution in [0.5, 0.6) is 0 Å². The minimum atomic E-state index is -1.37. The fourth-order valence-corrected chi connectivity index (χ4v) is 1.59. The van der Waals surface area contributed by atoms with E-state index in [1.54, 1.807) is 6.07 Å². The van der Waals surface area contributed by atoms with Gasteiger partial charge in [0.15, 0.2) is 6.10 Å². The molecule has 1 unspecified atom stereocenters. The molecule has 1 rings (SSSR count). The summed E-state index contributed by atoms with van der Waals surface area (Å²) in [6.07, 6.45) is -1.37. The van der Waals surface area contributed by atoms with Crippen LogP contribution in [0.3, 0.4) is 0 Å². The van der Waals surface area contributed by atoms with E-state index in [9.17, 15) is 4.79 Å². The van der Waals surface area contributed by atoms with Crippen molar-refractivity contribution in [2.24, 2.45) is 0 Å². The van der Waals surface area contributed by atoms with E-state index in [-0.39, 0.29) is 0 Å². The van der Waals surface area contributed by atoms with Gasteiger partial charge in [0.2, 0.25) is 0 Å². The van der Waals surface area contributed by atoms with Crippen LogP contribution in [-0.4, -0.2) is 16.2 Å². The molecule has 0 aromatic carbocycles. The van der Waals surface area contributed by atoms with Gasteiger partial charge in [0.05, 0.1) is 0 Å². The Labute approximate surface area is 67.9 Å². The molecule has 3 nitrogen and oxygen atoms in total. The number of carbonyl (C=O) groups is 1. The second-order valence-corrected chi connectivity index (χ2v) is 3.21. The third-order valence-electron chi connectivity index (χ3n) is 1.25. The minimum absolute atomic E-state index is 0.481. The molecule has 60 valence electrons. The van der Waals surface area contributed by atoms with Gasteiger partial charge in [-0.1, -0.05) is 0 Å². The molecule has 0 fully saturated rings. The Balaban J connectivity index is 2.84. The number of aliphatic hydroxyl groups is 1. The summed E-state index contributed by atoms with van der Waals surface area (Å²) in [5, 5.41) is 19.2. The predicted molar refractivity (Wildman–Crippen MR) is 41.7 cm³/mol. The van der Waals surface area contributed by atoms with Crippen LogP contribution >= 0.6 is 11.3 Å². The van der Waals surface area contributed by atoms with Crippen molar-refractivity contribution in [3.05, 3.63) is 21.9 Å². The summed E-state index contributed by atoms with van der Waals surface area (Å²) in [6.45, 7) is 1.86. The van der Waals surface area contributed by atoms with Crippen LogP contribution in [0.15, 0.2) is 11.4 Å². The monoisotopic (exact) mass is 172 g/mol. The van der Waals surface area contributed by atoms with Crippen molar-refractivity contribution in [2.45, 2.75) is 13.0 Å². The molecular weight excluding hydrogens is 164 g/mol. The van der Waals surface area contributed by atoms with Gasteiger partial charge < -0.3 is 10.2 Å². The predicted octanol–water partition coefficient (Wildman–Crippen LogP) is 1.17. The normalized spacial score (nSPS) is 12.9. The highest BCUT2D eigenvalue weighted by Crippen LogP contribution is 2.21. The maximum Gasteiger partial charge on any atom is 0.338 e. The molecule has 0 aliphatic heterocycles. The molecule has 1 atom stereocenters. The van der Waals surface area contributed by atoms with E-state index in [0.29, 0.717) is 4.88 Å². The molecule has 1 aromatic heterocycles. The van der Waals surface area contributed by atoms with Crippen LogP contribution in [0.1, 0.15) is 16.5 Å². The third-order valence-corrected chi connectivity index (χ3v) is 2.36. The summed E-state index contributed by atoms with van der Waals surface area (Å²) in [5.74, 6) is -1.20. The van der Waals surface area contributed by atoms with Crippen LogP contribution in [0.4, 0.5) is 0 Å². The van der Waals surface area contributed by atoms with Crippen LogP contribution < -0.4 is 0 Å². The van der Waals surface area contributed by atoms with Gasteiger partial charge in [0, 0.05) is 4.88 Å². The van der Waals surface area contributed by atoms with Crippen LogP contribution in [-0.2, 0) is 4.79 Å². The SMILES string of the molecule is Cc1csc(C(O)C(=O)O)c1. The smallest absolute Gasteiger partial charge is 0.338 e. The lowest BCUT2D eigenvalue weighted by atomic mass is 10.2. The van der Waals surface area contributed by atoms with Crippen molar-refractivity contribution in [1.82, 2.24) is 0 Å². The lowest BCUT2D eigenvalue weighted by molar-refractivity contribution is -0.146. The molecule has 11 heavy (non-hydrogen) atoms. The summed E-state index contributed by atoms with van der Waals surface area (Å²) in [4.78, 5) is 10.7. The lowest BCUT2D eigenvalue weighted by Crippen LogP contribution is -2.08. The number of hydrogen-bond donors (Lipinski definition) is 2. The van der Waals surface area contributed by atoms with Crippen LogP contribution in [0.25, 0.3) is 0 Å². The maximum atomic E-state index is 10.3. The zero-order chi connectivity index (χ0) is 8.43. The van der Waals surface area contributed by atoms with Gasteiger partial charge in [0.25, 0.3) is 0 Å². The Bertz CT molecular complexity index is 266. The second-order valence-electron chi connectivity index (χ2n) is 2.27. The first-order valence-corrected chi connectivity index (χ1v) is 3.95. The molecule has 0 saturated carbocycles. The van der Waals surface area contributed by atoms with E-state index < -0.39 is 12.1 Å². The molecule has 0 spiro atoms. The number of thiophene rings is 1. The van der Waals surface area contributed by atoms with Gasteiger partial charge in [-0.15, -0.1) is 11.3 Å². The first-order valence-electron chi connectivity index (χ1n) is 3.07.